The van der Waals surface area contributed by atoms with Gasteiger partial charge in [-0.2, -0.15) is 0 Å². The predicted molar refractivity (Wildman–Crippen MR) is 48.9 cm³/mol. The molecule has 1 N–H and O–H groups in total. The van der Waals surface area contributed by atoms with E-state index in [1.165, 1.54) is 12.1 Å². The monoisotopic (exact) mass is 186 g/mol. The maximum absolute atomic E-state index is 9.11. The Morgan fingerprint density at radius 2 is 2.08 bits per heavy atom. The van der Waals surface area contributed by atoms with Crippen LogP contribution in [0.1, 0.15) is 13.8 Å². The number of ether oxygens (including phenoxy) is 1. The van der Waals surface area contributed by atoms with Crippen LogP contribution in [0.25, 0.3) is 0 Å². The maximum Gasteiger partial charge on any atom is 0.141 e. The Morgan fingerprint density at radius 3 is 2.67 bits per heavy atom. The molecule has 2 nitrogen and oxygen atoms in total. The number of rotatable bonds is 2. The summed E-state index contributed by atoms with van der Waals surface area (Å²) in [6, 6.07) is 4.63. The van der Waals surface area contributed by atoms with Crippen molar-refractivity contribution in [3.05, 3.63) is 23.2 Å². The second-order valence-electron chi connectivity index (χ2n) is 2.78. The van der Waals surface area contributed by atoms with Crippen LogP contribution in [0.5, 0.6) is 11.5 Å². The van der Waals surface area contributed by atoms with E-state index < -0.39 is 0 Å². The van der Waals surface area contributed by atoms with E-state index in [1.54, 1.807) is 6.07 Å². The van der Waals surface area contributed by atoms with Crippen LogP contribution < -0.4 is 4.74 Å². The van der Waals surface area contributed by atoms with Crippen LogP contribution in [0.4, 0.5) is 0 Å². The minimum Gasteiger partial charge on any atom is -0.508 e. The Balaban J connectivity index is 2.90. The summed E-state index contributed by atoms with van der Waals surface area (Å²) in [6.07, 6.45) is 0.0595. The highest BCUT2D eigenvalue weighted by atomic mass is 35.5. The molecule has 0 bridgehead atoms. The largest absolute Gasteiger partial charge is 0.508 e. The number of phenolic OH excluding ortho intramolecular Hbond substituents is 1. The normalized spacial score (nSPS) is 10.3. The summed E-state index contributed by atoms with van der Waals surface area (Å²) in [6.45, 7) is 3.81. The number of hydrogen-bond donors (Lipinski definition) is 1. The summed E-state index contributed by atoms with van der Waals surface area (Å²) in [5.74, 6) is 0.682. The van der Waals surface area contributed by atoms with Crippen molar-refractivity contribution in [2.24, 2.45) is 0 Å². The third kappa shape index (κ3) is 2.31. The van der Waals surface area contributed by atoms with E-state index in [2.05, 4.69) is 0 Å². The topological polar surface area (TPSA) is 29.5 Å². The Morgan fingerprint density at radius 1 is 1.42 bits per heavy atom. The minimum atomic E-state index is 0.0595. The molecule has 0 aromatic heterocycles. The Bertz CT molecular complexity index is 271. The fourth-order valence-corrected chi connectivity index (χ4v) is 0.998. The van der Waals surface area contributed by atoms with Gasteiger partial charge in [-0.3, -0.25) is 0 Å². The molecule has 0 saturated carbocycles. The second-order valence-corrected chi connectivity index (χ2v) is 3.19. The first-order chi connectivity index (χ1) is 5.59. The van der Waals surface area contributed by atoms with Gasteiger partial charge in [-0.05, 0) is 26.0 Å². The Kier molecular flexibility index (Phi) is 2.82. The third-order valence-electron chi connectivity index (χ3n) is 1.28. The number of halogens is 1. The van der Waals surface area contributed by atoms with E-state index >= 15 is 0 Å². The van der Waals surface area contributed by atoms with Gasteiger partial charge in [0.25, 0.3) is 0 Å². The highest BCUT2D eigenvalue weighted by Gasteiger charge is 2.03. The van der Waals surface area contributed by atoms with Crippen molar-refractivity contribution in [1.82, 2.24) is 0 Å². The number of hydrogen-bond acceptors (Lipinski definition) is 2. The molecule has 0 heterocycles. The van der Waals surface area contributed by atoms with E-state index in [1.807, 2.05) is 13.8 Å². The van der Waals surface area contributed by atoms with Crippen LogP contribution in [0, 0.1) is 0 Å². The average Bonchev–Trinajstić information content (AvgIpc) is 1.96. The van der Waals surface area contributed by atoms with Crippen molar-refractivity contribution in [3.63, 3.8) is 0 Å². The molecule has 1 aromatic rings. The van der Waals surface area contributed by atoms with Gasteiger partial charge in [-0.25, -0.2) is 0 Å². The number of aromatic hydroxyl groups is 1. The first kappa shape index (κ1) is 9.20. The number of benzene rings is 1. The van der Waals surface area contributed by atoms with E-state index in [0.29, 0.717) is 10.8 Å². The van der Waals surface area contributed by atoms with Gasteiger partial charge in [-0.15, -0.1) is 0 Å². The zero-order valence-electron chi connectivity index (χ0n) is 7.04. The van der Waals surface area contributed by atoms with Gasteiger partial charge < -0.3 is 9.84 Å². The standard InChI is InChI=1S/C9H11ClO2/c1-6(2)12-9-5-7(11)3-4-8(9)10/h3-6,11H,1-2H3. The lowest BCUT2D eigenvalue weighted by molar-refractivity contribution is 0.241. The van der Waals surface area contributed by atoms with Gasteiger partial charge in [0.05, 0.1) is 11.1 Å². The SMILES string of the molecule is CC(C)Oc1cc(O)ccc1Cl. The van der Waals surface area contributed by atoms with Gasteiger partial charge in [0.2, 0.25) is 0 Å². The lowest BCUT2D eigenvalue weighted by atomic mass is 10.3. The Labute approximate surface area is 76.7 Å². The molecule has 0 aliphatic heterocycles. The molecule has 0 aliphatic carbocycles. The molecule has 0 spiro atoms. The van der Waals surface area contributed by atoms with Gasteiger partial charge >= 0.3 is 0 Å². The van der Waals surface area contributed by atoms with Gasteiger partial charge in [-0.1, -0.05) is 11.6 Å². The van der Waals surface area contributed by atoms with Crippen molar-refractivity contribution in [2.75, 3.05) is 0 Å². The lowest BCUT2D eigenvalue weighted by Crippen LogP contribution is -2.05. The quantitative estimate of drug-likeness (QED) is 0.770. The molecule has 0 fully saturated rings. The van der Waals surface area contributed by atoms with E-state index in [4.69, 9.17) is 21.4 Å². The molecular formula is C9H11ClO2. The predicted octanol–water partition coefficient (Wildman–Crippen LogP) is 2.83. The smallest absolute Gasteiger partial charge is 0.141 e. The summed E-state index contributed by atoms with van der Waals surface area (Å²) < 4.78 is 5.33. The van der Waals surface area contributed by atoms with Crippen LogP contribution in [0.3, 0.4) is 0 Å². The summed E-state index contributed by atoms with van der Waals surface area (Å²) in [7, 11) is 0. The number of phenols is 1. The van der Waals surface area contributed by atoms with Crippen molar-refractivity contribution >= 4 is 11.6 Å². The van der Waals surface area contributed by atoms with Crippen LogP contribution in [0.15, 0.2) is 18.2 Å². The van der Waals surface area contributed by atoms with Crippen LogP contribution in [0.2, 0.25) is 5.02 Å². The zero-order chi connectivity index (χ0) is 9.14. The fraction of sp³-hybridized carbons (Fsp3) is 0.333. The van der Waals surface area contributed by atoms with Crippen molar-refractivity contribution in [1.29, 1.82) is 0 Å². The lowest BCUT2D eigenvalue weighted by Gasteiger charge is -2.10. The third-order valence-corrected chi connectivity index (χ3v) is 1.59. The van der Waals surface area contributed by atoms with Crippen molar-refractivity contribution < 1.29 is 9.84 Å². The van der Waals surface area contributed by atoms with Gasteiger partial charge in [0.1, 0.15) is 11.5 Å². The molecule has 12 heavy (non-hydrogen) atoms. The van der Waals surface area contributed by atoms with E-state index in [0.717, 1.165) is 0 Å². The van der Waals surface area contributed by atoms with E-state index in [-0.39, 0.29) is 11.9 Å². The molecule has 1 rings (SSSR count). The molecule has 66 valence electrons. The summed E-state index contributed by atoms with van der Waals surface area (Å²) in [4.78, 5) is 0. The van der Waals surface area contributed by atoms with Crippen LogP contribution >= 0.6 is 11.6 Å². The summed E-state index contributed by atoms with van der Waals surface area (Å²) in [5, 5.41) is 9.63. The molecular weight excluding hydrogens is 176 g/mol. The fourth-order valence-electron chi connectivity index (χ4n) is 0.836. The highest BCUT2D eigenvalue weighted by molar-refractivity contribution is 6.32. The Hall–Kier alpha value is -0.890. The molecule has 1 aromatic carbocycles. The molecule has 0 amide bonds. The maximum atomic E-state index is 9.11. The van der Waals surface area contributed by atoms with Crippen LogP contribution in [-0.2, 0) is 0 Å². The molecule has 0 saturated heterocycles. The first-order valence-electron chi connectivity index (χ1n) is 3.75. The minimum absolute atomic E-state index is 0.0595. The van der Waals surface area contributed by atoms with E-state index in [9.17, 15) is 0 Å². The van der Waals surface area contributed by atoms with Crippen LogP contribution in [-0.4, -0.2) is 11.2 Å². The van der Waals surface area contributed by atoms with Crippen molar-refractivity contribution in [2.45, 2.75) is 20.0 Å². The molecule has 3 heteroatoms. The average molecular weight is 187 g/mol. The second kappa shape index (κ2) is 3.68. The molecule has 0 radical (unpaired) electrons. The summed E-state index contributed by atoms with van der Waals surface area (Å²) >= 11 is 5.80. The van der Waals surface area contributed by atoms with Crippen molar-refractivity contribution in [3.8, 4) is 11.5 Å². The van der Waals surface area contributed by atoms with Gasteiger partial charge in [0.15, 0.2) is 0 Å². The molecule has 0 aliphatic rings. The zero-order valence-corrected chi connectivity index (χ0v) is 7.80. The first-order valence-corrected chi connectivity index (χ1v) is 4.12. The molecule has 0 unspecified atom stereocenters. The van der Waals surface area contributed by atoms with Gasteiger partial charge in [0, 0.05) is 6.07 Å². The molecule has 0 atom stereocenters. The highest BCUT2D eigenvalue weighted by Crippen LogP contribution is 2.28. The summed E-state index contributed by atoms with van der Waals surface area (Å²) in [5.41, 5.74) is 0.